The minimum Gasteiger partial charge on any atom is -0.321 e. The highest BCUT2D eigenvalue weighted by atomic mass is 19.4. The van der Waals surface area contributed by atoms with E-state index >= 15 is 0 Å². The molecule has 174 valence electrons. The van der Waals surface area contributed by atoms with Gasteiger partial charge in [-0.05, 0) is 72.1 Å². The number of fused-ring (bicyclic) bond motifs is 4. The van der Waals surface area contributed by atoms with E-state index in [0.29, 0.717) is 21.8 Å². The van der Waals surface area contributed by atoms with Crippen LogP contribution in [0.25, 0.3) is 38.6 Å². The molecule has 5 nitrogen and oxygen atoms in total. The lowest BCUT2D eigenvalue weighted by atomic mass is 9.98. The van der Waals surface area contributed by atoms with Crippen LogP contribution in [0, 0.1) is 0 Å². The summed E-state index contributed by atoms with van der Waals surface area (Å²) in [6.45, 7) is 2.06. The molecule has 6 rings (SSSR count). The molecule has 0 amide bonds. The average molecular weight is 472 g/mol. The van der Waals surface area contributed by atoms with Crippen LogP contribution >= 0.6 is 0 Å². The van der Waals surface area contributed by atoms with Gasteiger partial charge in [0.2, 0.25) is 0 Å². The smallest absolute Gasteiger partial charge is 0.321 e. The molecule has 2 N–H and O–H groups in total. The number of pyridine rings is 2. The molecule has 1 atom stereocenters. The van der Waals surface area contributed by atoms with Crippen LogP contribution in [0.5, 0.6) is 0 Å². The van der Waals surface area contributed by atoms with Gasteiger partial charge >= 0.3 is 6.18 Å². The lowest BCUT2D eigenvalue weighted by Crippen LogP contribution is -2.18. The number of benzene rings is 3. The predicted molar refractivity (Wildman–Crippen MR) is 130 cm³/mol. The van der Waals surface area contributed by atoms with Gasteiger partial charge in [-0.15, -0.1) is 0 Å². The maximum Gasteiger partial charge on any atom is 0.416 e. The van der Waals surface area contributed by atoms with Crippen molar-refractivity contribution in [1.82, 2.24) is 15.0 Å². The number of hydrogen-bond acceptors (Lipinski definition) is 4. The van der Waals surface area contributed by atoms with Gasteiger partial charge in [0.25, 0.3) is 5.56 Å². The Morgan fingerprint density at radius 3 is 2.57 bits per heavy atom. The van der Waals surface area contributed by atoms with Crippen LogP contribution in [0.1, 0.15) is 24.1 Å². The van der Waals surface area contributed by atoms with Crippen LogP contribution in [-0.2, 0) is 6.18 Å². The summed E-state index contributed by atoms with van der Waals surface area (Å²) in [5, 5.41) is 1.34. The highest BCUT2D eigenvalue weighted by Crippen LogP contribution is 2.35. The van der Waals surface area contributed by atoms with Gasteiger partial charge in [-0.2, -0.15) is 13.2 Å². The number of hydrogen-bond donors (Lipinski definition) is 2. The van der Waals surface area contributed by atoms with Crippen molar-refractivity contribution in [2.75, 3.05) is 5.43 Å². The second-order valence-corrected chi connectivity index (χ2v) is 8.64. The summed E-state index contributed by atoms with van der Waals surface area (Å²) < 4.78 is 41.6. The lowest BCUT2D eigenvalue weighted by Gasteiger charge is -2.15. The molecule has 8 heteroatoms. The van der Waals surface area contributed by atoms with Gasteiger partial charge < -0.3 is 5.43 Å². The maximum absolute atomic E-state index is 13.4. The van der Waals surface area contributed by atoms with Gasteiger partial charge in [0.1, 0.15) is 0 Å². The fourth-order valence-corrected chi connectivity index (χ4v) is 4.65. The van der Waals surface area contributed by atoms with E-state index in [1.807, 2.05) is 30.3 Å². The first kappa shape index (κ1) is 21.4. The van der Waals surface area contributed by atoms with Crippen molar-refractivity contribution in [3.05, 3.63) is 100 Å². The van der Waals surface area contributed by atoms with Crippen LogP contribution in [0.3, 0.4) is 0 Å². The molecule has 3 aromatic carbocycles. The Bertz CT molecular complexity index is 1690. The number of halogens is 3. The maximum atomic E-state index is 13.4. The molecule has 35 heavy (non-hydrogen) atoms. The summed E-state index contributed by atoms with van der Waals surface area (Å²) in [4.78, 5) is 17.5. The zero-order chi connectivity index (χ0) is 24.3. The standard InChI is InChI=1S/C27H19F3N4O/c1-15-21-11-16(6-9-24(21)33-32-15)17-5-8-23-22(12-17)26-18(14-31-23)7-10-25(35)34(26)20-4-2-3-19(13-20)27(28,29)30/h2-15,32-33H,1H3. The topological polar surface area (TPSA) is 59.0 Å². The van der Waals surface area contributed by atoms with Gasteiger partial charge in [-0.3, -0.25) is 14.3 Å². The monoisotopic (exact) mass is 472 g/mol. The minimum absolute atomic E-state index is 0.150. The molecule has 0 fully saturated rings. The quantitative estimate of drug-likeness (QED) is 0.300. The molecule has 0 saturated carbocycles. The van der Waals surface area contributed by atoms with Crippen molar-refractivity contribution in [3.8, 4) is 16.8 Å². The van der Waals surface area contributed by atoms with Crippen LogP contribution < -0.4 is 16.4 Å². The molecule has 1 unspecified atom stereocenters. The van der Waals surface area contributed by atoms with E-state index in [2.05, 4.69) is 28.8 Å². The number of aromatic nitrogens is 2. The van der Waals surface area contributed by atoms with Gasteiger partial charge in [0, 0.05) is 28.7 Å². The number of rotatable bonds is 2. The Morgan fingerprint density at radius 1 is 0.943 bits per heavy atom. The Balaban J connectivity index is 1.62. The summed E-state index contributed by atoms with van der Waals surface area (Å²) in [6.07, 6.45) is -2.88. The summed E-state index contributed by atoms with van der Waals surface area (Å²) in [7, 11) is 0. The fraction of sp³-hybridized carbons (Fsp3) is 0.111. The van der Waals surface area contributed by atoms with E-state index in [4.69, 9.17) is 0 Å². The van der Waals surface area contributed by atoms with Crippen molar-refractivity contribution >= 4 is 27.5 Å². The number of anilines is 1. The average Bonchev–Trinajstić information content (AvgIpc) is 3.23. The van der Waals surface area contributed by atoms with Gasteiger partial charge in [-0.1, -0.05) is 18.2 Å². The van der Waals surface area contributed by atoms with Crippen molar-refractivity contribution in [2.45, 2.75) is 19.1 Å². The van der Waals surface area contributed by atoms with E-state index in [-0.39, 0.29) is 11.7 Å². The first-order valence-corrected chi connectivity index (χ1v) is 11.1. The molecule has 0 spiro atoms. The number of alkyl halides is 3. The zero-order valence-corrected chi connectivity index (χ0v) is 18.5. The van der Waals surface area contributed by atoms with E-state index < -0.39 is 17.3 Å². The predicted octanol–water partition coefficient (Wildman–Crippen LogP) is 6.22. The van der Waals surface area contributed by atoms with Crippen molar-refractivity contribution < 1.29 is 13.2 Å². The lowest BCUT2D eigenvalue weighted by molar-refractivity contribution is -0.137. The third kappa shape index (κ3) is 3.54. The van der Waals surface area contributed by atoms with Gasteiger partial charge in [0.05, 0.1) is 28.3 Å². The second-order valence-electron chi connectivity index (χ2n) is 8.64. The van der Waals surface area contributed by atoms with Crippen LogP contribution in [0.4, 0.5) is 18.9 Å². The Labute approximate surface area is 197 Å². The molecule has 1 aliphatic heterocycles. The van der Waals surface area contributed by atoms with E-state index in [9.17, 15) is 18.0 Å². The molecule has 2 aromatic heterocycles. The largest absolute Gasteiger partial charge is 0.416 e. The molecular weight excluding hydrogens is 453 g/mol. The number of nitrogens with one attached hydrogen (secondary N) is 2. The molecule has 3 heterocycles. The Morgan fingerprint density at radius 2 is 1.74 bits per heavy atom. The van der Waals surface area contributed by atoms with Crippen LogP contribution in [0.2, 0.25) is 0 Å². The molecule has 5 aromatic rings. The first-order valence-electron chi connectivity index (χ1n) is 11.1. The van der Waals surface area contributed by atoms with E-state index in [1.54, 1.807) is 12.3 Å². The SMILES string of the molecule is CC1NNc2ccc(-c3ccc4ncc5ccc(=O)n(-c6cccc(C(F)(F)F)c6)c5c4c3)cc21. The highest BCUT2D eigenvalue weighted by Gasteiger charge is 2.30. The summed E-state index contributed by atoms with van der Waals surface area (Å²) in [6, 6.07) is 19.8. The first-order chi connectivity index (χ1) is 16.8. The second kappa shape index (κ2) is 7.68. The van der Waals surface area contributed by atoms with E-state index in [1.165, 1.54) is 22.8 Å². The third-order valence-corrected chi connectivity index (χ3v) is 6.42. The Hall–Kier alpha value is -4.17. The molecule has 0 radical (unpaired) electrons. The minimum atomic E-state index is -4.52. The van der Waals surface area contributed by atoms with E-state index in [0.717, 1.165) is 34.5 Å². The fourth-order valence-electron chi connectivity index (χ4n) is 4.65. The molecule has 1 aliphatic rings. The zero-order valence-electron chi connectivity index (χ0n) is 18.5. The van der Waals surface area contributed by atoms with Gasteiger partial charge in [0.15, 0.2) is 0 Å². The summed E-state index contributed by atoms with van der Waals surface area (Å²) in [5.41, 5.74) is 10.5. The van der Waals surface area contributed by atoms with Crippen LogP contribution in [0.15, 0.2) is 83.8 Å². The molecule has 0 bridgehead atoms. The molecular formula is C27H19F3N4O. The van der Waals surface area contributed by atoms with Crippen molar-refractivity contribution in [1.29, 1.82) is 0 Å². The summed E-state index contributed by atoms with van der Waals surface area (Å²) >= 11 is 0. The Kier molecular flexibility index (Phi) is 4.69. The third-order valence-electron chi connectivity index (χ3n) is 6.42. The van der Waals surface area contributed by atoms with Crippen molar-refractivity contribution in [2.24, 2.45) is 0 Å². The molecule has 0 saturated heterocycles. The summed E-state index contributed by atoms with van der Waals surface area (Å²) in [5.74, 6) is 0. The highest BCUT2D eigenvalue weighted by molar-refractivity contribution is 6.05. The number of hydrazine groups is 1. The van der Waals surface area contributed by atoms with Gasteiger partial charge in [-0.25, -0.2) is 5.43 Å². The number of nitrogens with zero attached hydrogens (tertiary/aromatic N) is 2. The normalized spacial score (nSPS) is 15.4. The molecule has 0 aliphatic carbocycles. The van der Waals surface area contributed by atoms with Crippen molar-refractivity contribution in [3.63, 3.8) is 0 Å². The van der Waals surface area contributed by atoms with Crippen LogP contribution in [-0.4, -0.2) is 9.55 Å².